The molecule has 2 aromatic carbocycles. The molecule has 8 nitrogen and oxygen atoms in total. The Morgan fingerprint density at radius 2 is 1.81 bits per heavy atom. The summed E-state index contributed by atoms with van der Waals surface area (Å²) >= 11 is 6.48. The molecule has 0 atom stereocenters. The molecule has 1 heterocycles. The summed E-state index contributed by atoms with van der Waals surface area (Å²) in [7, 11) is -3.46. The monoisotopic (exact) mass is 528 g/mol. The molecule has 0 aliphatic heterocycles. The van der Waals surface area contributed by atoms with Gasteiger partial charge in [0.15, 0.2) is 5.75 Å². The third kappa shape index (κ3) is 6.65. The van der Waals surface area contributed by atoms with Gasteiger partial charge in [-0.05, 0) is 54.8 Å². The Labute approximate surface area is 217 Å². The second-order valence-electron chi connectivity index (χ2n) is 8.61. The maximum atomic E-state index is 11.7. The average molecular weight is 529 g/mol. The van der Waals surface area contributed by atoms with Crippen LogP contribution < -0.4 is 14.2 Å². The molecular weight excluding hydrogens is 500 g/mol. The number of nitrogens with one attached hydrogen (secondary N) is 1. The molecule has 1 N–H and O–H groups in total. The Morgan fingerprint density at radius 1 is 1.08 bits per heavy atom. The number of aromatic nitrogens is 2. The molecule has 1 aromatic heterocycles. The molecule has 3 aromatic rings. The zero-order valence-corrected chi connectivity index (χ0v) is 22.3. The minimum absolute atomic E-state index is 0.0107. The van der Waals surface area contributed by atoms with Gasteiger partial charge in [0.05, 0.1) is 28.6 Å². The van der Waals surface area contributed by atoms with Gasteiger partial charge in [0.25, 0.3) is 0 Å². The van der Waals surface area contributed by atoms with Crippen molar-refractivity contribution in [1.29, 1.82) is 5.26 Å². The number of benzene rings is 2. The second-order valence-corrected chi connectivity index (χ2v) is 11.0. The zero-order chi connectivity index (χ0) is 26.3. The van der Waals surface area contributed by atoms with E-state index < -0.39 is 15.4 Å². The molecule has 0 amide bonds. The number of sulfonamides is 1. The summed E-state index contributed by atoms with van der Waals surface area (Å²) in [6.07, 6.45) is 2.29. The maximum Gasteiger partial charge on any atom is 0.236 e. The molecular formula is C26H29ClN4O4S. The van der Waals surface area contributed by atoms with Gasteiger partial charge in [-0.3, -0.25) is 4.72 Å². The van der Waals surface area contributed by atoms with Gasteiger partial charge >= 0.3 is 0 Å². The van der Waals surface area contributed by atoms with Crippen LogP contribution in [-0.4, -0.2) is 30.7 Å². The van der Waals surface area contributed by atoms with Crippen LogP contribution in [0.4, 0.5) is 5.95 Å². The van der Waals surface area contributed by atoms with Crippen LogP contribution in [-0.2, 0) is 22.0 Å². The number of anilines is 1. The number of halogens is 1. The lowest BCUT2D eigenvalue weighted by molar-refractivity contribution is 0.301. The van der Waals surface area contributed by atoms with E-state index in [-0.39, 0.29) is 18.3 Å². The molecule has 0 saturated carbocycles. The molecule has 36 heavy (non-hydrogen) atoms. The van der Waals surface area contributed by atoms with Gasteiger partial charge in [0.1, 0.15) is 18.4 Å². The van der Waals surface area contributed by atoms with Crippen LogP contribution in [0.5, 0.6) is 11.5 Å². The molecule has 0 saturated heterocycles. The standard InChI is InChI=1S/C26H29ClN4O4S/c1-5-13-34-24-18(16-28)14-20(15-23(24)27)26(3,4)19-7-9-22(10-8-19)35-17-21-11-12-29-25(30-21)31-36(32,33)6-2/h7-12,14-15H,5-6,13,17H2,1-4H3,(H,29,30,31). The van der Waals surface area contributed by atoms with Crippen molar-refractivity contribution in [2.45, 2.75) is 46.1 Å². The van der Waals surface area contributed by atoms with E-state index in [2.05, 4.69) is 34.6 Å². The lowest BCUT2D eigenvalue weighted by atomic mass is 9.77. The zero-order valence-electron chi connectivity index (χ0n) is 20.7. The number of ether oxygens (including phenoxy) is 2. The van der Waals surface area contributed by atoms with E-state index in [1.54, 1.807) is 6.07 Å². The van der Waals surface area contributed by atoms with Crippen LogP contribution in [0.2, 0.25) is 5.02 Å². The van der Waals surface area contributed by atoms with Crippen LogP contribution in [0.15, 0.2) is 48.7 Å². The minimum atomic E-state index is -3.46. The second kappa shape index (κ2) is 11.6. The van der Waals surface area contributed by atoms with Crippen molar-refractivity contribution < 1.29 is 17.9 Å². The topological polar surface area (TPSA) is 114 Å². The van der Waals surface area contributed by atoms with Gasteiger partial charge in [-0.25, -0.2) is 18.4 Å². The smallest absolute Gasteiger partial charge is 0.236 e. The fourth-order valence-electron chi connectivity index (χ4n) is 3.42. The lowest BCUT2D eigenvalue weighted by Crippen LogP contribution is -2.19. The summed E-state index contributed by atoms with van der Waals surface area (Å²) in [6, 6.07) is 15.1. The highest BCUT2D eigenvalue weighted by atomic mass is 35.5. The largest absolute Gasteiger partial charge is 0.491 e. The van der Waals surface area contributed by atoms with Crippen LogP contribution in [0.25, 0.3) is 0 Å². The average Bonchev–Trinajstić information content (AvgIpc) is 2.86. The minimum Gasteiger partial charge on any atom is -0.491 e. The van der Waals surface area contributed by atoms with Gasteiger partial charge in [-0.2, -0.15) is 5.26 Å². The molecule has 0 spiro atoms. The van der Waals surface area contributed by atoms with Gasteiger partial charge in [-0.1, -0.05) is 44.5 Å². The van der Waals surface area contributed by atoms with Crippen molar-refractivity contribution in [3.63, 3.8) is 0 Å². The summed E-state index contributed by atoms with van der Waals surface area (Å²) in [5.74, 6) is 0.986. The molecule has 0 radical (unpaired) electrons. The van der Waals surface area contributed by atoms with Gasteiger partial charge in [0.2, 0.25) is 16.0 Å². The van der Waals surface area contributed by atoms with E-state index in [0.29, 0.717) is 34.4 Å². The van der Waals surface area contributed by atoms with E-state index in [9.17, 15) is 13.7 Å². The summed E-state index contributed by atoms with van der Waals surface area (Å²) in [5, 5.41) is 10.0. The highest BCUT2D eigenvalue weighted by molar-refractivity contribution is 7.92. The Kier molecular flexibility index (Phi) is 8.77. The quantitative estimate of drug-likeness (QED) is 0.351. The highest BCUT2D eigenvalue weighted by Crippen LogP contribution is 2.38. The molecule has 0 aliphatic rings. The first-order valence-corrected chi connectivity index (χ1v) is 13.5. The predicted octanol–water partition coefficient (Wildman–Crippen LogP) is 5.46. The number of rotatable bonds is 11. The normalized spacial score (nSPS) is 11.6. The van der Waals surface area contributed by atoms with Crippen LogP contribution in [0, 0.1) is 11.3 Å². The predicted molar refractivity (Wildman–Crippen MR) is 140 cm³/mol. The Bertz CT molecular complexity index is 1350. The number of hydrogen-bond acceptors (Lipinski definition) is 7. The molecule has 0 unspecified atom stereocenters. The van der Waals surface area contributed by atoms with E-state index in [4.69, 9.17) is 21.1 Å². The van der Waals surface area contributed by atoms with Crippen LogP contribution in [0.3, 0.4) is 0 Å². The number of nitriles is 1. The summed E-state index contributed by atoms with van der Waals surface area (Å²) in [4.78, 5) is 8.13. The first kappa shape index (κ1) is 27.2. The molecule has 0 aliphatic carbocycles. The van der Waals surface area contributed by atoms with E-state index in [1.807, 2.05) is 43.3 Å². The van der Waals surface area contributed by atoms with Crippen molar-refractivity contribution >= 4 is 27.6 Å². The van der Waals surface area contributed by atoms with E-state index in [0.717, 1.165) is 17.5 Å². The Balaban J connectivity index is 1.74. The van der Waals surface area contributed by atoms with Crippen molar-refractivity contribution in [2.75, 3.05) is 17.1 Å². The first-order valence-electron chi connectivity index (χ1n) is 11.5. The lowest BCUT2D eigenvalue weighted by Gasteiger charge is -2.27. The van der Waals surface area contributed by atoms with Crippen molar-refractivity contribution in [2.24, 2.45) is 0 Å². The van der Waals surface area contributed by atoms with Gasteiger partial charge < -0.3 is 9.47 Å². The first-order chi connectivity index (χ1) is 17.1. The molecule has 3 rings (SSSR count). The Hall–Kier alpha value is -3.35. The van der Waals surface area contributed by atoms with E-state index >= 15 is 0 Å². The van der Waals surface area contributed by atoms with Gasteiger partial charge in [-0.15, -0.1) is 0 Å². The van der Waals surface area contributed by atoms with Crippen LogP contribution >= 0.6 is 11.6 Å². The molecule has 0 fully saturated rings. The summed E-state index contributed by atoms with van der Waals surface area (Å²) in [6.45, 7) is 8.28. The third-order valence-corrected chi connectivity index (χ3v) is 7.17. The van der Waals surface area contributed by atoms with E-state index in [1.165, 1.54) is 13.1 Å². The SMILES string of the molecule is CCCOc1c(Cl)cc(C(C)(C)c2ccc(OCc3ccnc(NS(=O)(=O)CC)n3)cc2)cc1C#N. The molecule has 190 valence electrons. The number of hydrogen-bond donors (Lipinski definition) is 1. The van der Waals surface area contributed by atoms with Crippen molar-refractivity contribution in [3.8, 4) is 17.6 Å². The summed E-state index contributed by atoms with van der Waals surface area (Å²) < 4.78 is 37.3. The van der Waals surface area contributed by atoms with Crippen LogP contribution in [0.1, 0.15) is 56.5 Å². The maximum absolute atomic E-state index is 11.7. The summed E-state index contributed by atoms with van der Waals surface area (Å²) in [5.41, 5.74) is 2.41. The Morgan fingerprint density at radius 3 is 2.44 bits per heavy atom. The fourth-order valence-corrected chi connectivity index (χ4v) is 4.21. The van der Waals surface area contributed by atoms with Gasteiger partial charge in [0, 0.05) is 11.6 Å². The number of nitrogens with zero attached hydrogens (tertiary/aromatic N) is 3. The third-order valence-electron chi connectivity index (χ3n) is 5.64. The van der Waals surface area contributed by atoms with Crippen molar-refractivity contribution in [1.82, 2.24) is 9.97 Å². The molecule has 10 heteroatoms. The van der Waals surface area contributed by atoms with Crippen molar-refractivity contribution in [3.05, 3.63) is 76.1 Å². The highest BCUT2D eigenvalue weighted by Gasteiger charge is 2.26. The molecule has 0 bridgehead atoms. The fraction of sp³-hybridized carbons (Fsp3) is 0.346.